The van der Waals surface area contributed by atoms with Crippen molar-refractivity contribution >= 4 is 63.0 Å². The van der Waals surface area contributed by atoms with E-state index in [9.17, 15) is 19.2 Å². The fourth-order valence-electron chi connectivity index (χ4n) is 5.87. The molecule has 1 fully saturated rings. The molecule has 0 bridgehead atoms. The van der Waals surface area contributed by atoms with Gasteiger partial charge in [-0.1, -0.05) is 83.8 Å². The monoisotopic (exact) mass is 607 g/mol. The average molecular weight is 608 g/mol. The number of nitrogens with zero attached hydrogens (tertiary/aromatic N) is 2. The van der Waals surface area contributed by atoms with E-state index >= 15 is 0 Å². The van der Waals surface area contributed by atoms with Gasteiger partial charge in [-0.3, -0.25) is 23.7 Å². The van der Waals surface area contributed by atoms with Crippen LogP contribution in [0.2, 0.25) is 0 Å². The number of imide groups is 1. The number of hydrogen-bond donors (Lipinski definition) is 1. The van der Waals surface area contributed by atoms with Crippen LogP contribution in [0.1, 0.15) is 16.4 Å². The molecule has 0 saturated carbocycles. The fourth-order valence-corrected chi connectivity index (χ4v) is 8.64. The van der Waals surface area contributed by atoms with E-state index in [0.29, 0.717) is 27.0 Å². The molecule has 0 spiro atoms. The number of ether oxygens (including phenoxy) is 1. The van der Waals surface area contributed by atoms with Gasteiger partial charge in [0, 0.05) is 16.5 Å². The highest BCUT2D eigenvalue weighted by atomic mass is 32.2. The minimum absolute atomic E-state index is 0.215. The fraction of sp³-hybridized carbons (Fsp3) is 0.152. The van der Waals surface area contributed by atoms with Crippen LogP contribution in [0.25, 0.3) is 10.8 Å². The van der Waals surface area contributed by atoms with Crippen molar-refractivity contribution in [2.45, 2.75) is 22.7 Å². The normalized spacial score (nSPS) is 19.3. The van der Waals surface area contributed by atoms with Crippen molar-refractivity contribution in [3.05, 3.63) is 117 Å². The largest absolute Gasteiger partial charge is 0.497 e. The summed E-state index contributed by atoms with van der Waals surface area (Å²) in [5.74, 6) is -1.61. The number of benzene rings is 4. The molecule has 214 valence electrons. The minimum Gasteiger partial charge on any atom is -0.497 e. The molecule has 8 nitrogen and oxygen atoms in total. The summed E-state index contributed by atoms with van der Waals surface area (Å²) in [5.41, 5.74) is 1.93. The lowest BCUT2D eigenvalue weighted by Crippen LogP contribution is -2.33. The zero-order valence-electron chi connectivity index (χ0n) is 22.9. The Kier molecular flexibility index (Phi) is 6.87. The lowest BCUT2D eigenvalue weighted by molar-refractivity contribution is -0.122. The van der Waals surface area contributed by atoms with E-state index in [0.717, 1.165) is 27.7 Å². The maximum atomic E-state index is 14.0. The van der Waals surface area contributed by atoms with Gasteiger partial charge in [0.15, 0.2) is 0 Å². The Morgan fingerprint density at radius 1 is 0.860 bits per heavy atom. The molecular formula is C33H25N3O5S2. The molecule has 5 aromatic rings. The van der Waals surface area contributed by atoms with E-state index in [1.54, 1.807) is 31.4 Å². The number of methoxy groups -OCH3 is 1. The second kappa shape index (κ2) is 10.9. The third kappa shape index (κ3) is 4.72. The van der Waals surface area contributed by atoms with Crippen LogP contribution in [0.3, 0.4) is 0 Å². The SMILES string of the molecule is COc1ccc(N2C(=O)C3Sc4c(sc(=O)n4CC(=O)Nc4ccc5ccccc5c4)[C@H](c4ccccc4)C3C2=O)cc1. The molecule has 43 heavy (non-hydrogen) atoms. The van der Waals surface area contributed by atoms with Crippen molar-refractivity contribution in [3.8, 4) is 5.75 Å². The first-order chi connectivity index (χ1) is 20.9. The van der Waals surface area contributed by atoms with E-state index in [2.05, 4.69) is 5.32 Å². The molecule has 4 aromatic carbocycles. The summed E-state index contributed by atoms with van der Waals surface area (Å²) in [6.07, 6.45) is 0. The van der Waals surface area contributed by atoms with Crippen LogP contribution < -0.4 is 19.8 Å². The summed E-state index contributed by atoms with van der Waals surface area (Å²) in [6.45, 7) is -0.215. The maximum Gasteiger partial charge on any atom is 0.308 e. The maximum absolute atomic E-state index is 14.0. The third-order valence-corrected chi connectivity index (χ3v) is 10.5. The second-order valence-corrected chi connectivity index (χ2v) is 12.5. The van der Waals surface area contributed by atoms with E-state index in [1.807, 2.05) is 72.8 Å². The molecule has 0 aliphatic carbocycles. The van der Waals surface area contributed by atoms with Crippen LogP contribution in [0.4, 0.5) is 11.4 Å². The predicted molar refractivity (Wildman–Crippen MR) is 168 cm³/mol. The quantitative estimate of drug-likeness (QED) is 0.256. The van der Waals surface area contributed by atoms with Crippen LogP contribution in [-0.4, -0.2) is 34.6 Å². The molecule has 3 atom stereocenters. The molecule has 2 unspecified atom stereocenters. The molecule has 1 N–H and O–H groups in total. The summed E-state index contributed by atoms with van der Waals surface area (Å²) >= 11 is 2.23. The van der Waals surface area contributed by atoms with E-state index in [4.69, 9.17) is 4.74 Å². The predicted octanol–water partition coefficient (Wildman–Crippen LogP) is 5.51. The number of hydrogen-bond acceptors (Lipinski definition) is 7. The van der Waals surface area contributed by atoms with Crippen molar-refractivity contribution in [2.24, 2.45) is 5.92 Å². The van der Waals surface area contributed by atoms with Crippen LogP contribution in [0, 0.1) is 5.92 Å². The zero-order valence-corrected chi connectivity index (χ0v) is 24.6. The van der Waals surface area contributed by atoms with E-state index < -0.39 is 17.1 Å². The van der Waals surface area contributed by atoms with Gasteiger partial charge < -0.3 is 10.1 Å². The Morgan fingerprint density at radius 3 is 2.33 bits per heavy atom. The Morgan fingerprint density at radius 2 is 1.58 bits per heavy atom. The highest BCUT2D eigenvalue weighted by molar-refractivity contribution is 8.00. The molecular weight excluding hydrogens is 583 g/mol. The number of rotatable bonds is 6. The first kappa shape index (κ1) is 27.2. The number of nitrogens with one attached hydrogen (secondary N) is 1. The molecule has 3 amide bonds. The van der Waals surface area contributed by atoms with Crippen molar-refractivity contribution in [2.75, 3.05) is 17.3 Å². The van der Waals surface area contributed by atoms with Gasteiger partial charge in [-0.05, 0) is 52.7 Å². The molecule has 1 aromatic heterocycles. The molecule has 3 heterocycles. The van der Waals surface area contributed by atoms with Gasteiger partial charge >= 0.3 is 4.87 Å². The van der Waals surface area contributed by atoms with Gasteiger partial charge in [0.05, 0.1) is 23.7 Å². The number of anilines is 2. The van der Waals surface area contributed by atoms with E-state index in [1.165, 1.54) is 21.2 Å². The van der Waals surface area contributed by atoms with Crippen molar-refractivity contribution < 1.29 is 19.1 Å². The molecule has 1 saturated heterocycles. The van der Waals surface area contributed by atoms with Crippen LogP contribution in [0.15, 0.2) is 107 Å². The summed E-state index contributed by atoms with van der Waals surface area (Å²) < 4.78 is 6.67. The van der Waals surface area contributed by atoms with Crippen molar-refractivity contribution in [1.29, 1.82) is 0 Å². The number of carbonyl (C=O) groups excluding carboxylic acids is 3. The van der Waals surface area contributed by atoms with Gasteiger partial charge in [0.2, 0.25) is 17.7 Å². The number of thiazole rings is 1. The van der Waals surface area contributed by atoms with Crippen molar-refractivity contribution in [3.63, 3.8) is 0 Å². The summed E-state index contributed by atoms with van der Waals surface area (Å²) in [7, 11) is 1.55. The second-order valence-electron chi connectivity index (χ2n) is 10.4. The van der Waals surface area contributed by atoms with Gasteiger partial charge in [-0.2, -0.15) is 0 Å². The lowest BCUT2D eigenvalue weighted by atomic mass is 9.83. The van der Waals surface area contributed by atoms with Gasteiger partial charge in [0.25, 0.3) is 0 Å². The van der Waals surface area contributed by atoms with Gasteiger partial charge in [-0.15, -0.1) is 0 Å². The average Bonchev–Trinajstić information content (AvgIpc) is 3.47. The highest BCUT2D eigenvalue weighted by Gasteiger charge is 2.56. The number of thioether (sulfide) groups is 1. The van der Waals surface area contributed by atoms with Gasteiger partial charge in [-0.25, -0.2) is 4.90 Å². The summed E-state index contributed by atoms with van der Waals surface area (Å²) in [6, 6.07) is 29.8. The van der Waals surface area contributed by atoms with Crippen LogP contribution in [-0.2, 0) is 20.9 Å². The van der Waals surface area contributed by atoms with Crippen LogP contribution >= 0.6 is 23.1 Å². The Hall–Kier alpha value is -4.67. The Balaban J connectivity index is 1.24. The van der Waals surface area contributed by atoms with Crippen LogP contribution in [0.5, 0.6) is 5.75 Å². The summed E-state index contributed by atoms with van der Waals surface area (Å²) in [5, 5.41) is 4.75. The number of fused-ring (bicyclic) bond motifs is 3. The Labute approximate surface area is 254 Å². The third-order valence-electron chi connectivity index (χ3n) is 7.87. The lowest BCUT2D eigenvalue weighted by Gasteiger charge is -2.30. The summed E-state index contributed by atoms with van der Waals surface area (Å²) in [4.78, 5) is 56.1. The van der Waals surface area contributed by atoms with Crippen molar-refractivity contribution in [1.82, 2.24) is 4.57 Å². The van der Waals surface area contributed by atoms with E-state index in [-0.39, 0.29) is 29.1 Å². The smallest absolute Gasteiger partial charge is 0.308 e. The molecule has 7 rings (SSSR count). The standard InChI is InChI=1S/C33H25N3O5S2/c1-41-24-15-13-23(14-16-24)36-30(38)27-26(20-8-3-2-4-9-20)29-32(42-28(27)31(36)39)35(33(40)43-29)18-25(37)34-22-12-11-19-7-5-6-10-21(19)17-22/h2-17,26-28H,18H2,1H3,(H,34,37)/t26-,27?,28?/m1/s1. The zero-order chi connectivity index (χ0) is 29.7. The highest BCUT2D eigenvalue weighted by Crippen LogP contribution is 2.53. The number of amides is 3. The molecule has 2 aliphatic heterocycles. The number of aromatic nitrogens is 1. The van der Waals surface area contributed by atoms with Gasteiger partial charge in [0.1, 0.15) is 17.5 Å². The first-order valence-electron chi connectivity index (χ1n) is 13.7. The number of carbonyl (C=O) groups is 3. The first-order valence-corrected chi connectivity index (χ1v) is 15.4. The topological polar surface area (TPSA) is 97.7 Å². The molecule has 2 aliphatic rings. The molecule has 0 radical (unpaired) electrons. The minimum atomic E-state index is -0.754. The Bertz CT molecular complexity index is 1950. The molecule has 10 heteroatoms.